The van der Waals surface area contributed by atoms with Crippen LogP contribution in [0.1, 0.15) is 65.2 Å². The lowest BCUT2D eigenvalue weighted by Gasteiger charge is -2.33. The Morgan fingerprint density at radius 2 is 1.91 bits per heavy atom. The van der Waals surface area contributed by atoms with Crippen LogP contribution in [0.5, 0.6) is 0 Å². The van der Waals surface area contributed by atoms with E-state index in [1.807, 2.05) is 0 Å². The largest absolute Gasteiger partial charge is 0.357 e. The van der Waals surface area contributed by atoms with Gasteiger partial charge in [0.1, 0.15) is 0 Å². The van der Waals surface area contributed by atoms with Crippen LogP contribution in [-0.4, -0.2) is 49.5 Å². The maximum absolute atomic E-state index is 11.7. The van der Waals surface area contributed by atoms with Gasteiger partial charge in [-0.15, -0.1) is 0 Å². The van der Waals surface area contributed by atoms with Gasteiger partial charge in [0, 0.05) is 32.6 Å². The molecule has 1 aliphatic carbocycles. The summed E-state index contributed by atoms with van der Waals surface area (Å²) in [4.78, 5) is 18.8. The summed E-state index contributed by atoms with van der Waals surface area (Å²) in [6, 6.07) is 0. The highest BCUT2D eigenvalue weighted by Crippen LogP contribution is 2.43. The Balaban J connectivity index is 1.85. The predicted octanol–water partition coefficient (Wildman–Crippen LogP) is 2.52. The van der Waals surface area contributed by atoms with Crippen molar-refractivity contribution in [2.24, 2.45) is 10.4 Å². The molecule has 1 spiro atoms. The molecule has 0 radical (unpaired) electrons. The van der Waals surface area contributed by atoms with Crippen LogP contribution in [0.25, 0.3) is 0 Å². The van der Waals surface area contributed by atoms with Crippen molar-refractivity contribution in [2.45, 2.75) is 65.2 Å². The minimum absolute atomic E-state index is 0.108. The van der Waals surface area contributed by atoms with Crippen molar-refractivity contribution in [3.63, 3.8) is 0 Å². The Labute approximate surface area is 141 Å². The molecular weight excluding hydrogens is 288 g/mol. The zero-order valence-electron chi connectivity index (χ0n) is 15.0. The molecule has 0 unspecified atom stereocenters. The first-order chi connectivity index (χ1) is 11.2. The maximum Gasteiger partial charge on any atom is 0.221 e. The SMILES string of the molecule is CCCNC(=O)CCN=C(NCC)N1CCC2(CCCCC2)C1. The molecule has 5 nitrogen and oxygen atoms in total. The summed E-state index contributed by atoms with van der Waals surface area (Å²) in [5.41, 5.74) is 0.535. The first-order valence-electron chi connectivity index (χ1n) is 9.49. The molecule has 2 fully saturated rings. The van der Waals surface area contributed by atoms with E-state index >= 15 is 0 Å². The summed E-state index contributed by atoms with van der Waals surface area (Å²) in [7, 11) is 0. The van der Waals surface area contributed by atoms with Crippen LogP contribution in [0, 0.1) is 5.41 Å². The number of likely N-dealkylation sites (tertiary alicyclic amines) is 1. The molecule has 2 aliphatic rings. The predicted molar refractivity (Wildman–Crippen MR) is 95.6 cm³/mol. The van der Waals surface area contributed by atoms with Crippen molar-refractivity contribution in [1.29, 1.82) is 0 Å². The number of aliphatic imine (C=N–C) groups is 1. The molecule has 0 bridgehead atoms. The molecule has 1 saturated heterocycles. The highest BCUT2D eigenvalue weighted by atomic mass is 16.1. The van der Waals surface area contributed by atoms with Crippen LogP contribution in [-0.2, 0) is 4.79 Å². The van der Waals surface area contributed by atoms with Gasteiger partial charge in [-0.2, -0.15) is 0 Å². The molecule has 5 heteroatoms. The zero-order chi connectivity index (χ0) is 16.5. The first-order valence-corrected chi connectivity index (χ1v) is 9.49. The summed E-state index contributed by atoms with van der Waals surface area (Å²) in [5, 5.41) is 6.32. The standard InChI is InChI=1S/C18H34N4O/c1-3-12-20-16(23)8-13-21-17(19-4-2)22-14-11-18(15-22)9-6-5-7-10-18/h3-15H2,1-2H3,(H,19,21)(H,20,23). The molecule has 1 saturated carbocycles. The lowest BCUT2D eigenvalue weighted by Crippen LogP contribution is -2.41. The summed E-state index contributed by atoms with van der Waals surface area (Å²) in [6.45, 7) is 8.63. The van der Waals surface area contributed by atoms with E-state index in [1.165, 1.54) is 38.5 Å². The molecule has 2 N–H and O–H groups in total. The van der Waals surface area contributed by atoms with Crippen molar-refractivity contribution >= 4 is 11.9 Å². The van der Waals surface area contributed by atoms with Crippen molar-refractivity contribution in [3.05, 3.63) is 0 Å². The molecule has 1 amide bonds. The van der Waals surface area contributed by atoms with E-state index in [2.05, 4.69) is 29.4 Å². The number of nitrogens with zero attached hydrogens (tertiary/aromatic N) is 2. The lowest BCUT2D eigenvalue weighted by atomic mass is 9.73. The van der Waals surface area contributed by atoms with Crippen LogP contribution in [0.15, 0.2) is 4.99 Å². The van der Waals surface area contributed by atoms with E-state index in [9.17, 15) is 4.79 Å². The molecule has 23 heavy (non-hydrogen) atoms. The molecule has 1 heterocycles. The molecule has 0 aromatic carbocycles. The average molecular weight is 322 g/mol. The van der Waals surface area contributed by atoms with Crippen LogP contribution >= 0.6 is 0 Å². The highest BCUT2D eigenvalue weighted by Gasteiger charge is 2.39. The third kappa shape index (κ3) is 5.40. The zero-order valence-corrected chi connectivity index (χ0v) is 15.0. The van der Waals surface area contributed by atoms with E-state index in [0.717, 1.165) is 38.6 Å². The molecule has 0 aromatic heterocycles. The van der Waals surface area contributed by atoms with Crippen LogP contribution in [0.4, 0.5) is 0 Å². The highest BCUT2D eigenvalue weighted by molar-refractivity contribution is 5.81. The lowest BCUT2D eigenvalue weighted by molar-refractivity contribution is -0.120. The van der Waals surface area contributed by atoms with Crippen LogP contribution in [0.3, 0.4) is 0 Å². The van der Waals surface area contributed by atoms with Gasteiger partial charge in [0.15, 0.2) is 5.96 Å². The first kappa shape index (κ1) is 18.1. The van der Waals surface area contributed by atoms with E-state index < -0.39 is 0 Å². The summed E-state index contributed by atoms with van der Waals surface area (Å²) in [6.07, 6.45) is 9.70. The smallest absolute Gasteiger partial charge is 0.221 e. The molecule has 2 rings (SSSR count). The van der Waals surface area contributed by atoms with Gasteiger partial charge < -0.3 is 15.5 Å². The van der Waals surface area contributed by atoms with Crippen molar-refractivity contribution in [3.8, 4) is 0 Å². The number of amides is 1. The van der Waals surface area contributed by atoms with Gasteiger partial charge in [-0.25, -0.2) is 0 Å². The van der Waals surface area contributed by atoms with Gasteiger partial charge in [-0.1, -0.05) is 26.2 Å². The number of nitrogens with one attached hydrogen (secondary N) is 2. The molecule has 0 aromatic rings. The summed E-state index contributed by atoms with van der Waals surface area (Å²) in [5.74, 6) is 1.11. The minimum atomic E-state index is 0.108. The third-order valence-electron chi connectivity index (χ3n) is 5.16. The second kappa shape index (κ2) is 9.14. The maximum atomic E-state index is 11.7. The fourth-order valence-corrected chi connectivity index (χ4v) is 3.87. The van der Waals surface area contributed by atoms with E-state index in [0.29, 0.717) is 18.4 Å². The van der Waals surface area contributed by atoms with Crippen molar-refractivity contribution in [1.82, 2.24) is 15.5 Å². The quantitative estimate of drug-likeness (QED) is 0.583. The van der Waals surface area contributed by atoms with Crippen LogP contribution < -0.4 is 10.6 Å². The Hall–Kier alpha value is -1.26. The Morgan fingerprint density at radius 1 is 1.13 bits per heavy atom. The molecule has 132 valence electrons. The van der Waals surface area contributed by atoms with Crippen molar-refractivity contribution < 1.29 is 4.79 Å². The Kier molecular flexibility index (Phi) is 7.18. The fraction of sp³-hybridized carbons (Fsp3) is 0.889. The molecular formula is C18H34N4O. The number of carbonyl (C=O) groups excluding carboxylic acids is 1. The second-order valence-electron chi connectivity index (χ2n) is 7.07. The topological polar surface area (TPSA) is 56.7 Å². The monoisotopic (exact) mass is 322 g/mol. The van der Waals surface area contributed by atoms with E-state index in [4.69, 9.17) is 4.99 Å². The normalized spacial score (nSPS) is 20.8. The third-order valence-corrected chi connectivity index (χ3v) is 5.16. The van der Waals surface area contributed by atoms with Gasteiger partial charge in [-0.05, 0) is 38.0 Å². The summed E-state index contributed by atoms with van der Waals surface area (Å²) < 4.78 is 0. The summed E-state index contributed by atoms with van der Waals surface area (Å²) >= 11 is 0. The Morgan fingerprint density at radius 3 is 2.61 bits per heavy atom. The van der Waals surface area contributed by atoms with Crippen molar-refractivity contribution in [2.75, 3.05) is 32.7 Å². The average Bonchev–Trinajstić information content (AvgIpc) is 2.96. The fourth-order valence-electron chi connectivity index (χ4n) is 3.87. The van der Waals surface area contributed by atoms with Gasteiger partial charge in [0.25, 0.3) is 0 Å². The Bertz CT molecular complexity index is 402. The number of hydrogen-bond acceptors (Lipinski definition) is 2. The van der Waals surface area contributed by atoms with Gasteiger partial charge in [0.05, 0.1) is 6.54 Å². The number of guanidine groups is 1. The van der Waals surface area contributed by atoms with Gasteiger partial charge >= 0.3 is 0 Å². The van der Waals surface area contributed by atoms with Gasteiger partial charge in [0.2, 0.25) is 5.91 Å². The second-order valence-corrected chi connectivity index (χ2v) is 7.07. The molecule has 0 atom stereocenters. The number of carbonyl (C=O) groups is 1. The number of hydrogen-bond donors (Lipinski definition) is 2. The minimum Gasteiger partial charge on any atom is -0.357 e. The molecule has 1 aliphatic heterocycles. The van der Waals surface area contributed by atoms with E-state index in [1.54, 1.807) is 0 Å². The van der Waals surface area contributed by atoms with E-state index in [-0.39, 0.29) is 5.91 Å². The van der Waals surface area contributed by atoms with Gasteiger partial charge in [-0.3, -0.25) is 9.79 Å². The van der Waals surface area contributed by atoms with Crippen LogP contribution in [0.2, 0.25) is 0 Å². The number of rotatable bonds is 6.